The highest BCUT2D eigenvalue weighted by Crippen LogP contribution is 2.22. The van der Waals surface area contributed by atoms with E-state index in [1.807, 2.05) is 51.1 Å². The summed E-state index contributed by atoms with van der Waals surface area (Å²) in [6, 6.07) is 9.43. The predicted octanol–water partition coefficient (Wildman–Crippen LogP) is 2.69. The maximum absolute atomic E-state index is 12.0. The largest absolute Gasteiger partial charge is 0.465 e. The lowest BCUT2D eigenvalue weighted by molar-refractivity contribution is -0.141. The highest BCUT2D eigenvalue weighted by atomic mass is 16.6. The third-order valence-electron chi connectivity index (χ3n) is 3.46. The van der Waals surface area contributed by atoms with Crippen molar-refractivity contribution in [2.75, 3.05) is 6.61 Å². The SMILES string of the molecule is CC(C)(C)OC(=O)N[C@@H](Cc1ccccc1)C1CCOC1=O. The number of benzene rings is 1. The van der Waals surface area contributed by atoms with Crippen molar-refractivity contribution in [2.24, 2.45) is 5.92 Å². The number of alkyl carbamates (subject to hydrolysis) is 1. The lowest BCUT2D eigenvalue weighted by atomic mass is 9.92. The number of cyclic esters (lactones) is 1. The number of amides is 1. The van der Waals surface area contributed by atoms with Crippen LogP contribution >= 0.6 is 0 Å². The third-order valence-corrected chi connectivity index (χ3v) is 3.46. The number of carbonyl (C=O) groups excluding carboxylic acids is 2. The summed E-state index contributed by atoms with van der Waals surface area (Å²) in [6.07, 6.45) is 0.680. The van der Waals surface area contributed by atoms with Crippen molar-refractivity contribution in [2.45, 2.75) is 45.3 Å². The first kappa shape index (κ1) is 16.3. The number of nitrogens with one attached hydrogen (secondary N) is 1. The molecular formula is C17H23NO4. The van der Waals surface area contributed by atoms with Gasteiger partial charge in [-0.15, -0.1) is 0 Å². The van der Waals surface area contributed by atoms with E-state index in [1.54, 1.807) is 0 Å². The van der Waals surface area contributed by atoms with E-state index in [1.165, 1.54) is 0 Å². The summed E-state index contributed by atoms with van der Waals surface area (Å²) in [5.41, 5.74) is 0.487. The highest BCUT2D eigenvalue weighted by molar-refractivity contribution is 5.76. The van der Waals surface area contributed by atoms with Crippen LogP contribution in [0.1, 0.15) is 32.8 Å². The second-order valence-electron chi connectivity index (χ2n) is 6.51. The molecule has 22 heavy (non-hydrogen) atoms. The Morgan fingerprint density at radius 3 is 2.59 bits per heavy atom. The van der Waals surface area contributed by atoms with Gasteiger partial charge in [0.15, 0.2) is 0 Å². The molecule has 0 radical (unpaired) electrons. The normalized spacial score (nSPS) is 19.4. The van der Waals surface area contributed by atoms with Crippen molar-refractivity contribution in [1.29, 1.82) is 0 Å². The minimum Gasteiger partial charge on any atom is -0.465 e. The Balaban J connectivity index is 2.08. The third kappa shape index (κ3) is 4.76. The van der Waals surface area contributed by atoms with E-state index in [2.05, 4.69) is 5.32 Å². The second kappa shape index (κ2) is 6.81. The van der Waals surface area contributed by atoms with Gasteiger partial charge in [0.05, 0.1) is 12.5 Å². The van der Waals surface area contributed by atoms with Gasteiger partial charge in [0.25, 0.3) is 0 Å². The Morgan fingerprint density at radius 2 is 2.05 bits per heavy atom. The summed E-state index contributed by atoms with van der Waals surface area (Å²) in [5, 5.41) is 2.83. The fourth-order valence-electron chi connectivity index (χ4n) is 2.50. The van der Waals surface area contributed by atoms with Gasteiger partial charge in [-0.2, -0.15) is 0 Å². The van der Waals surface area contributed by atoms with Crippen LogP contribution in [-0.4, -0.2) is 30.3 Å². The van der Waals surface area contributed by atoms with Gasteiger partial charge in [0.2, 0.25) is 0 Å². The molecule has 2 atom stereocenters. The van der Waals surface area contributed by atoms with Crippen molar-refractivity contribution in [1.82, 2.24) is 5.32 Å². The smallest absolute Gasteiger partial charge is 0.407 e. The first-order valence-electron chi connectivity index (χ1n) is 7.55. The van der Waals surface area contributed by atoms with Crippen LogP contribution in [0.4, 0.5) is 4.79 Å². The van der Waals surface area contributed by atoms with Crippen LogP contribution in [-0.2, 0) is 20.7 Å². The zero-order valence-electron chi connectivity index (χ0n) is 13.3. The number of esters is 1. The maximum Gasteiger partial charge on any atom is 0.407 e. The number of hydrogen-bond acceptors (Lipinski definition) is 4. The molecule has 1 unspecified atom stereocenters. The molecule has 1 aromatic carbocycles. The fraction of sp³-hybridized carbons (Fsp3) is 0.529. The van der Waals surface area contributed by atoms with Crippen molar-refractivity contribution in [3.8, 4) is 0 Å². The van der Waals surface area contributed by atoms with Gasteiger partial charge in [0.1, 0.15) is 5.60 Å². The van der Waals surface area contributed by atoms with E-state index in [0.717, 1.165) is 5.56 Å². The first-order chi connectivity index (χ1) is 10.3. The predicted molar refractivity (Wildman–Crippen MR) is 82.4 cm³/mol. The molecule has 1 aliphatic rings. The molecule has 0 aliphatic carbocycles. The molecule has 1 heterocycles. The molecule has 1 fully saturated rings. The topological polar surface area (TPSA) is 64.6 Å². The van der Waals surface area contributed by atoms with Crippen LogP contribution in [0.5, 0.6) is 0 Å². The summed E-state index contributed by atoms with van der Waals surface area (Å²) < 4.78 is 10.3. The maximum atomic E-state index is 12.0. The molecule has 1 saturated heterocycles. The van der Waals surface area contributed by atoms with Crippen molar-refractivity contribution in [3.63, 3.8) is 0 Å². The molecule has 0 bridgehead atoms. The van der Waals surface area contributed by atoms with Gasteiger partial charge in [-0.1, -0.05) is 30.3 Å². The second-order valence-corrected chi connectivity index (χ2v) is 6.51. The summed E-state index contributed by atoms with van der Waals surface area (Å²) in [5.74, 6) is -0.579. The molecule has 0 spiro atoms. The van der Waals surface area contributed by atoms with E-state index in [9.17, 15) is 9.59 Å². The van der Waals surface area contributed by atoms with Crippen molar-refractivity contribution >= 4 is 12.1 Å². The van der Waals surface area contributed by atoms with Gasteiger partial charge in [-0.05, 0) is 39.2 Å². The lowest BCUT2D eigenvalue weighted by Gasteiger charge is -2.25. The molecule has 120 valence electrons. The van der Waals surface area contributed by atoms with Gasteiger partial charge in [-0.25, -0.2) is 4.79 Å². The quantitative estimate of drug-likeness (QED) is 0.869. The monoisotopic (exact) mass is 305 g/mol. The summed E-state index contributed by atoms with van der Waals surface area (Å²) in [7, 11) is 0. The first-order valence-corrected chi connectivity index (χ1v) is 7.55. The molecule has 2 rings (SSSR count). The molecule has 5 nitrogen and oxygen atoms in total. The van der Waals surface area contributed by atoms with Crippen LogP contribution < -0.4 is 5.32 Å². The van der Waals surface area contributed by atoms with Crippen molar-refractivity contribution in [3.05, 3.63) is 35.9 Å². The molecule has 1 aliphatic heterocycles. The van der Waals surface area contributed by atoms with E-state index in [4.69, 9.17) is 9.47 Å². The van der Waals surface area contributed by atoms with E-state index in [0.29, 0.717) is 19.4 Å². The lowest BCUT2D eigenvalue weighted by Crippen LogP contribution is -2.45. The minimum absolute atomic E-state index is 0.253. The zero-order chi connectivity index (χ0) is 16.2. The Kier molecular flexibility index (Phi) is 5.06. The van der Waals surface area contributed by atoms with E-state index < -0.39 is 11.7 Å². The van der Waals surface area contributed by atoms with Crippen molar-refractivity contribution < 1.29 is 19.1 Å². The van der Waals surface area contributed by atoms with E-state index >= 15 is 0 Å². The Hall–Kier alpha value is -2.04. The van der Waals surface area contributed by atoms with Gasteiger partial charge in [-0.3, -0.25) is 4.79 Å². The van der Waals surface area contributed by atoms with E-state index in [-0.39, 0.29) is 17.9 Å². The molecule has 0 aromatic heterocycles. The molecule has 1 N–H and O–H groups in total. The Bertz CT molecular complexity index is 521. The Morgan fingerprint density at radius 1 is 1.36 bits per heavy atom. The minimum atomic E-state index is -0.572. The number of carbonyl (C=O) groups is 2. The average Bonchev–Trinajstić information content (AvgIpc) is 2.83. The van der Waals surface area contributed by atoms with Crippen LogP contribution in [0, 0.1) is 5.92 Å². The number of ether oxygens (including phenoxy) is 2. The highest BCUT2D eigenvalue weighted by Gasteiger charge is 2.36. The summed E-state index contributed by atoms with van der Waals surface area (Å²) in [4.78, 5) is 23.9. The average molecular weight is 305 g/mol. The zero-order valence-corrected chi connectivity index (χ0v) is 13.3. The number of rotatable bonds is 4. The molecular weight excluding hydrogens is 282 g/mol. The summed E-state index contributed by atoms with van der Waals surface area (Å²) in [6.45, 7) is 5.83. The fourth-order valence-corrected chi connectivity index (χ4v) is 2.50. The molecule has 0 saturated carbocycles. The van der Waals surface area contributed by atoms with Crippen LogP contribution in [0.2, 0.25) is 0 Å². The standard InChI is InChI=1S/C17H23NO4/c1-17(2,3)22-16(20)18-14(13-9-10-21-15(13)19)11-12-7-5-4-6-8-12/h4-8,13-14H,9-11H2,1-3H3,(H,18,20)/t13?,14-/m0/s1. The molecule has 5 heteroatoms. The van der Waals surface area contributed by atoms with Crippen LogP contribution in [0.15, 0.2) is 30.3 Å². The molecule has 1 aromatic rings. The van der Waals surface area contributed by atoms with Crippen LogP contribution in [0.25, 0.3) is 0 Å². The van der Waals surface area contributed by atoms with Gasteiger partial charge in [0, 0.05) is 6.04 Å². The van der Waals surface area contributed by atoms with Gasteiger partial charge >= 0.3 is 12.1 Å². The number of hydrogen-bond donors (Lipinski definition) is 1. The van der Waals surface area contributed by atoms with Crippen LogP contribution in [0.3, 0.4) is 0 Å². The summed E-state index contributed by atoms with van der Waals surface area (Å²) >= 11 is 0. The Labute approximate surface area is 131 Å². The van der Waals surface area contributed by atoms with Gasteiger partial charge < -0.3 is 14.8 Å². The molecule has 1 amide bonds.